The molecular formula is C10H13F3N4O. The molecule has 1 aromatic heterocycles. The minimum atomic E-state index is -4.36. The van der Waals surface area contributed by atoms with Crippen molar-refractivity contribution in [1.82, 2.24) is 9.97 Å². The summed E-state index contributed by atoms with van der Waals surface area (Å²) in [5.41, 5.74) is 0. The van der Waals surface area contributed by atoms with Crippen molar-refractivity contribution in [3.05, 3.63) is 12.3 Å². The van der Waals surface area contributed by atoms with E-state index in [0.29, 0.717) is 12.4 Å². The van der Waals surface area contributed by atoms with Crippen LogP contribution < -0.4 is 10.2 Å². The summed E-state index contributed by atoms with van der Waals surface area (Å²) in [5.74, 6) is 0.842. The van der Waals surface area contributed by atoms with Crippen LogP contribution in [0, 0.1) is 0 Å². The molecule has 2 heterocycles. The van der Waals surface area contributed by atoms with Crippen LogP contribution in [0.5, 0.6) is 0 Å². The van der Waals surface area contributed by atoms with E-state index in [1.54, 1.807) is 13.1 Å². The van der Waals surface area contributed by atoms with E-state index >= 15 is 0 Å². The number of nitrogens with zero attached hydrogens (tertiary/aromatic N) is 3. The molecular weight excluding hydrogens is 249 g/mol. The predicted octanol–water partition coefficient (Wildman–Crippen LogP) is 1.29. The van der Waals surface area contributed by atoms with E-state index in [1.807, 2.05) is 0 Å². The molecule has 1 saturated heterocycles. The lowest BCUT2D eigenvalue weighted by atomic mass is 10.3. The SMILES string of the molecule is CNc1ccnc(N2CCO[C@@H](C(F)(F)F)C2)n1. The van der Waals surface area contributed by atoms with Gasteiger partial charge in [-0.25, -0.2) is 4.98 Å². The minimum absolute atomic E-state index is 0.0112. The zero-order valence-corrected chi connectivity index (χ0v) is 9.74. The maximum absolute atomic E-state index is 12.6. The normalized spacial score (nSPS) is 20.9. The third kappa shape index (κ3) is 2.81. The van der Waals surface area contributed by atoms with Gasteiger partial charge in [0.25, 0.3) is 0 Å². The van der Waals surface area contributed by atoms with Gasteiger partial charge in [0.05, 0.1) is 13.2 Å². The van der Waals surface area contributed by atoms with Gasteiger partial charge in [-0.2, -0.15) is 18.2 Å². The van der Waals surface area contributed by atoms with Gasteiger partial charge in [-0.3, -0.25) is 0 Å². The van der Waals surface area contributed by atoms with Crippen molar-refractivity contribution in [3.63, 3.8) is 0 Å². The van der Waals surface area contributed by atoms with Crippen molar-refractivity contribution in [2.75, 3.05) is 37.0 Å². The van der Waals surface area contributed by atoms with Gasteiger partial charge in [0.15, 0.2) is 6.10 Å². The minimum Gasteiger partial charge on any atom is -0.373 e. The van der Waals surface area contributed by atoms with Gasteiger partial charge in [-0.05, 0) is 6.07 Å². The molecule has 18 heavy (non-hydrogen) atoms. The molecule has 0 amide bonds. The first kappa shape index (κ1) is 12.9. The summed E-state index contributed by atoms with van der Waals surface area (Å²) in [7, 11) is 1.68. The van der Waals surface area contributed by atoms with Gasteiger partial charge >= 0.3 is 6.18 Å². The summed E-state index contributed by atoms with van der Waals surface area (Å²) in [6, 6.07) is 1.64. The standard InChI is InChI=1S/C10H13F3N4O/c1-14-8-2-3-15-9(16-8)17-4-5-18-7(6-17)10(11,12)13/h2-3,7H,4-6H2,1H3,(H,14,15,16)/t7-/m1/s1. The first-order chi connectivity index (χ1) is 8.50. The monoisotopic (exact) mass is 262 g/mol. The number of halogens is 3. The summed E-state index contributed by atoms with van der Waals surface area (Å²) in [5, 5.41) is 2.82. The smallest absolute Gasteiger partial charge is 0.373 e. The first-order valence-electron chi connectivity index (χ1n) is 5.45. The van der Waals surface area contributed by atoms with Crippen molar-refractivity contribution in [2.45, 2.75) is 12.3 Å². The number of rotatable bonds is 2. The molecule has 5 nitrogen and oxygen atoms in total. The number of hydrogen-bond donors (Lipinski definition) is 1. The third-order valence-electron chi connectivity index (χ3n) is 2.61. The van der Waals surface area contributed by atoms with Crippen LogP contribution in [0.15, 0.2) is 12.3 Å². The average molecular weight is 262 g/mol. The van der Waals surface area contributed by atoms with Crippen molar-refractivity contribution in [3.8, 4) is 0 Å². The molecule has 0 spiro atoms. The van der Waals surface area contributed by atoms with Crippen LogP contribution in [0.4, 0.5) is 24.9 Å². The lowest BCUT2D eigenvalue weighted by molar-refractivity contribution is -0.221. The average Bonchev–Trinajstić information content (AvgIpc) is 2.38. The molecule has 1 aliphatic rings. The Morgan fingerprint density at radius 3 is 2.94 bits per heavy atom. The van der Waals surface area contributed by atoms with E-state index in [0.717, 1.165) is 0 Å². The highest BCUT2D eigenvalue weighted by atomic mass is 19.4. The van der Waals surface area contributed by atoms with Crippen molar-refractivity contribution < 1.29 is 17.9 Å². The molecule has 1 aromatic rings. The second-order valence-electron chi connectivity index (χ2n) is 3.84. The molecule has 0 aliphatic carbocycles. The van der Waals surface area contributed by atoms with Crippen LogP contribution in [0.1, 0.15) is 0 Å². The number of alkyl halides is 3. The van der Waals surface area contributed by atoms with E-state index < -0.39 is 12.3 Å². The highest BCUT2D eigenvalue weighted by Crippen LogP contribution is 2.27. The third-order valence-corrected chi connectivity index (χ3v) is 2.61. The fourth-order valence-corrected chi connectivity index (χ4v) is 1.67. The van der Waals surface area contributed by atoms with Gasteiger partial charge in [0.1, 0.15) is 5.82 Å². The van der Waals surface area contributed by atoms with Crippen LogP contribution in [-0.4, -0.2) is 49.0 Å². The van der Waals surface area contributed by atoms with Crippen LogP contribution >= 0.6 is 0 Å². The molecule has 1 aliphatic heterocycles. The Bertz CT molecular complexity index is 412. The predicted molar refractivity (Wildman–Crippen MR) is 59.6 cm³/mol. The second kappa shape index (κ2) is 4.97. The number of morpholine rings is 1. The van der Waals surface area contributed by atoms with Gasteiger partial charge < -0.3 is 15.0 Å². The zero-order chi connectivity index (χ0) is 13.2. The Morgan fingerprint density at radius 2 is 2.28 bits per heavy atom. The van der Waals surface area contributed by atoms with Crippen molar-refractivity contribution in [2.24, 2.45) is 0 Å². The molecule has 8 heteroatoms. The Morgan fingerprint density at radius 1 is 1.50 bits per heavy atom. The van der Waals surface area contributed by atoms with Crippen LogP contribution in [-0.2, 0) is 4.74 Å². The Balaban J connectivity index is 2.13. The molecule has 0 bridgehead atoms. The quantitative estimate of drug-likeness (QED) is 0.870. The Hall–Kier alpha value is -1.57. The summed E-state index contributed by atoms with van der Waals surface area (Å²) >= 11 is 0. The molecule has 1 fully saturated rings. The summed E-state index contributed by atoms with van der Waals surface area (Å²) < 4.78 is 42.4. The lowest BCUT2D eigenvalue weighted by Gasteiger charge is -2.33. The van der Waals surface area contributed by atoms with Gasteiger partial charge in [0, 0.05) is 19.8 Å². The topological polar surface area (TPSA) is 50.3 Å². The lowest BCUT2D eigenvalue weighted by Crippen LogP contribution is -2.49. The van der Waals surface area contributed by atoms with Crippen LogP contribution in [0.2, 0.25) is 0 Å². The number of hydrogen-bond acceptors (Lipinski definition) is 5. The van der Waals surface area contributed by atoms with E-state index in [-0.39, 0.29) is 19.1 Å². The maximum atomic E-state index is 12.6. The number of nitrogens with one attached hydrogen (secondary N) is 1. The highest BCUT2D eigenvalue weighted by Gasteiger charge is 2.43. The molecule has 1 N–H and O–H groups in total. The molecule has 1 atom stereocenters. The number of ether oxygens (including phenoxy) is 1. The number of anilines is 2. The van der Waals surface area contributed by atoms with E-state index in [2.05, 4.69) is 15.3 Å². The number of aromatic nitrogens is 2. The van der Waals surface area contributed by atoms with Gasteiger partial charge in [0.2, 0.25) is 5.95 Å². The zero-order valence-electron chi connectivity index (χ0n) is 9.74. The summed E-state index contributed by atoms with van der Waals surface area (Å²) in [6.07, 6.45) is -4.64. The molecule has 100 valence electrons. The van der Waals surface area contributed by atoms with Gasteiger partial charge in [-0.1, -0.05) is 0 Å². The molecule has 0 saturated carbocycles. The van der Waals surface area contributed by atoms with Crippen LogP contribution in [0.25, 0.3) is 0 Å². The molecule has 0 unspecified atom stereocenters. The fraction of sp³-hybridized carbons (Fsp3) is 0.600. The first-order valence-corrected chi connectivity index (χ1v) is 5.45. The Kier molecular flexibility index (Phi) is 3.55. The Labute approximate surface area is 102 Å². The highest BCUT2D eigenvalue weighted by molar-refractivity contribution is 5.41. The summed E-state index contributed by atoms with van der Waals surface area (Å²) in [4.78, 5) is 9.57. The van der Waals surface area contributed by atoms with Crippen molar-refractivity contribution in [1.29, 1.82) is 0 Å². The largest absolute Gasteiger partial charge is 0.416 e. The van der Waals surface area contributed by atoms with E-state index in [1.165, 1.54) is 11.1 Å². The molecule has 0 radical (unpaired) electrons. The van der Waals surface area contributed by atoms with E-state index in [4.69, 9.17) is 4.74 Å². The van der Waals surface area contributed by atoms with E-state index in [9.17, 15) is 13.2 Å². The fourth-order valence-electron chi connectivity index (χ4n) is 1.67. The molecule has 0 aromatic carbocycles. The van der Waals surface area contributed by atoms with Crippen LogP contribution in [0.3, 0.4) is 0 Å². The molecule has 2 rings (SSSR count). The van der Waals surface area contributed by atoms with Crippen molar-refractivity contribution >= 4 is 11.8 Å². The van der Waals surface area contributed by atoms with Gasteiger partial charge in [-0.15, -0.1) is 0 Å². The second-order valence-corrected chi connectivity index (χ2v) is 3.84. The summed E-state index contributed by atoms with van der Waals surface area (Å²) in [6.45, 7) is 0.0771. The maximum Gasteiger partial charge on any atom is 0.416 e.